The molecule has 0 bridgehead atoms. The highest BCUT2D eigenvalue weighted by Crippen LogP contribution is 2.22. The highest BCUT2D eigenvalue weighted by Gasteiger charge is 2.15. The van der Waals surface area contributed by atoms with Crippen LogP contribution in [0.3, 0.4) is 0 Å². The summed E-state index contributed by atoms with van der Waals surface area (Å²) in [5, 5.41) is 0. The van der Waals surface area contributed by atoms with E-state index in [4.69, 9.17) is 15.2 Å². The van der Waals surface area contributed by atoms with Gasteiger partial charge < -0.3 is 15.2 Å². The summed E-state index contributed by atoms with van der Waals surface area (Å²) in [7, 11) is 1.63. The second-order valence-electron chi connectivity index (χ2n) is 4.52. The number of anilines is 1. The molecule has 0 aliphatic carbocycles. The number of hydrogen-bond donors (Lipinski definition) is 1. The highest BCUT2D eigenvalue weighted by atomic mass is 16.5. The molecule has 0 atom stereocenters. The average molecular weight is 223 g/mol. The molecule has 0 spiro atoms. The zero-order valence-electron chi connectivity index (χ0n) is 10.5. The predicted octanol–water partition coefficient (Wildman–Crippen LogP) is 2.98. The van der Waals surface area contributed by atoms with Gasteiger partial charge in [-0.15, -0.1) is 0 Å². The van der Waals surface area contributed by atoms with Gasteiger partial charge in [0.2, 0.25) is 0 Å². The fourth-order valence-electron chi connectivity index (χ4n) is 1.27. The first kappa shape index (κ1) is 12.8. The normalized spacial score (nSPS) is 11.5. The predicted molar refractivity (Wildman–Crippen MR) is 66.6 cm³/mol. The Labute approximate surface area is 97.6 Å². The molecule has 0 saturated carbocycles. The van der Waals surface area contributed by atoms with Gasteiger partial charge in [-0.1, -0.05) is 6.92 Å². The van der Waals surface area contributed by atoms with Gasteiger partial charge in [-0.2, -0.15) is 0 Å². The van der Waals surface area contributed by atoms with Crippen molar-refractivity contribution in [3.05, 3.63) is 23.8 Å². The number of ether oxygens (including phenoxy) is 2. The Morgan fingerprint density at radius 3 is 2.50 bits per heavy atom. The highest BCUT2D eigenvalue weighted by molar-refractivity contribution is 5.47. The van der Waals surface area contributed by atoms with E-state index in [1.54, 1.807) is 13.2 Å². The van der Waals surface area contributed by atoms with Crippen LogP contribution >= 0.6 is 0 Å². The Morgan fingerprint density at radius 2 is 1.94 bits per heavy atom. The smallest absolute Gasteiger partial charge is 0.121 e. The van der Waals surface area contributed by atoms with Crippen LogP contribution in [0.2, 0.25) is 0 Å². The molecule has 0 amide bonds. The van der Waals surface area contributed by atoms with Crippen molar-refractivity contribution in [1.29, 1.82) is 0 Å². The molecule has 0 fully saturated rings. The van der Waals surface area contributed by atoms with Crippen LogP contribution in [0.4, 0.5) is 5.69 Å². The van der Waals surface area contributed by atoms with Gasteiger partial charge in [0, 0.05) is 11.8 Å². The van der Waals surface area contributed by atoms with Crippen molar-refractivity contribution in [1.82, 2.24) is 0 Å². The minimum Gasteiger partial charge on any atom is -0.497 e. The summed E-state index contributed by atoms with van der Waals surface area (Å²) in [6.45, 7) is 6.83. The standard InChI is InChI=1S/C13H21NO2/c1-5-13(2,3)16-9-10-6-11(14)8-12(7-10)15-4/h6-8H,5,9,14H2,1-4H3. The third-order valence-corrected chi connectivity index (χ3v) is 2.71. The number of benzene rings is 1. The van der Waals surface area contributed by atoms with Crippen LogP contribution in [0.5, 0.6) is 5.75 Å². The van der Waals surface area contributed by atoms with E-state index in [-0.39, 0.29) is 5.60 Å². The average Bonchev–Trinajstić information content (AvgIpc) is 2.26. The van der Waals surface area contributed by atoms with Gasteiger partial charge >= 0.3 is 0 Å². The van der Waals surface area contributed by atoms with E-state index in [2.05, 4.69) is 20.8 Å². The largest absolute Gasteiger partial charge is 0.497 e. The third kappa shape index (κ3) is 3.74. The Kier molecular flexibility index (Phi) is 4.19. The van der Waals surface area contributed by atoms with Crippen LogP contribution in [0.1, 0.15) is 32.8 Å². The molecule has 1 aromatic carbocycles. The maximum absolute atomic E-state index is 5.81. The summed E-state index contributed by atoms with van der Waals surface area (Å²) in [6, 6.07) is 5.66. The topological polar surface area (TPSA) is 44.5 Å². The number of nitrogens with two attached hydrogens (primary N) is 1. The van der Waals surface area contributed by atoms with Gasteiger partial charge in [-0.25, -0.2) is 0 Å². The van der Waals surface area contributed by atoms with Crippen molar-refractivity contribution < 1.29 is 9.47 Å². The van der Waals surface area contributed by atoms with Gasteiger partial charge in [-0.05, 0) is 38.0 Å². The minimum absolute atomic E-state index is 0.0994. The molecule has 0 aliphatic rings. The van der Waals surface area contributed by atoms with Crippen molar-refractivity contribution in [2.24, 2.45) is 0 Å². The van der Waals surface area contributed by atoms with E-state index in [1.165, 1.54) is 0 Å². The molecule has 0 aliphatic heterocycles. The van der Waals surface area contributed by atoms with E-state index in [0.29, 0.717) is 12.3 Å². The molecule has 0 heterocycles. The summed E-state index contributed by atoms with van der Waals surface area (Å²) < 4.78 is 11.0. The zero-order valence-corrected chi connectivity index (χ0v) is 10.5. The monoisotopic (exact) mass is 223 g/mol. The molecule has 1 aromatic rings. The first-order valence-corrected chi connectivity index (χ1v) is 5.54. The summed E-state index contributed by atoms with van der Waals surface area (Å²) >= 11 is 0. The summed E-state index contributed by atoms with van der Waals surface area (Å²) in [6.07, 6.45) is 0.979. The summed E-state index contributed by atoms with van der Waals surface area (Å²) in [5.74, 6) is 0.771. The van der Waals surface area contributed by atoms with E-state index in [0.717, 1.165) is 17.7 Å². The molecular formula is C13H21NO2. The number of methoxy groups -OCH3 is 1. The van der Waals surface area contributed by atoms with Crippen LogP contribution in [-0.4, -0.2) is 12.7 Å². The Hall–Kier alpha value is -1.22. The molecule has 0 aromatic heterocycles. The fraction of sp³-hybridized carbons (Fsp3) is 0.538. The molecule has 90 valence electrons. The van der Waals surface area contributed by atoms with Crippen LogP contribution in [-0.2, 0) is 11.3 Å². The first-order valence-electron chi connectivity index (χ1n) is 5.54. The summed E-state index contributed by atoms with van der Waals surface area (Å²) in [4.78, 5) is 0. The minimum atomic E-state index is -0.0994. The second kappa shape index (κ2) is 5.21. The molecule has 0 unspecified atom stereocenters. The van der Waals surface area contributed by atoms with Gasteiger partial charge in [0.15, 0.2) is 0 Å². The van der Waals surface area contributed by atoms with Gasteiger partial charge in [0.25, 0.3) is 0 Å². The third-order valence-electron chi connectivity index (χ3n) is 2.71. The van der Waals surface area contributed by atoms with Crippen LogP contribution in [0.15, 0.2) is 18.2 Å². The van der Waals surface area contributed by atoms with Crippen molar-refractivity contribution in [2.75, 3.05) is 12.8 Å². The molecule has 1 rings (SSSR count). The van der Waals surface area contributed by atoms with Crippen molar-refractivity contribution in [3.63, 3.8) is 0 Å². The molecule has 16 heavy (non-hydrogen) atoms. The lowest BCUT2D eigenvalue weighted by Gasteiger charge is -2.23. The van der Waals surface area contributed by atoms with Gasteiger partial charge in [0.05, 0.1) is 19.3 Å². The lowest BCUT2D eigenvalue weighted by molar-refractivity contribution is -0.0316. The summed E-state index contributed by atoms with van der Waals surface area (Å²) in [5.41, 5.74) is 7.41. The number of nitrogen functional groups attached to an aromatic ring is 1. The maximum atomic E-state index is 5.81. The van der Waals surface area contributed by atoms with Crippen LogP contribution in [0, 0.1) is 0 Å². The zero-order chi connectivity index (χ0) is 12.2. The van der Waals surface area contributed by atoms with Gasteiger partial charge in [0.1, 0.15) is 5.75 Å². The maximum Gasteiger partial charge on any atom is 0.121 e. The van der Waals surface area contributed by atoms with E-state index in [9.17, 15) is 0 Å². The Balaban J connectivity index is 2.70. The van der Waals surface area contributed by atoms with Crippen LogP contribution < -0.4 is 10.5 Å². The fourth-order valence-corrected chi connectivity index (χ4v) is 1.27. The second-order valence-corrected chi connectivity index (χ2v) is 4.52. The van der Waals surface area contributed by atoms with Crippen molar-refractivity contribution in [2.45, 2.75) is 39.4 Å². The van der Waals surface area contributed by atoms with Crippen molar-refractivity contribution >= 4 is 5.69 Å². The molecular weight excluding hydrogens is 202 g/mol. The lowest BCUT2D eigenvalue weighted by Crippen LogP contribution is -2.22. The number of hydrogen-bond acceptors (Lipinski definition) is 3. The van der Waals surface area contributed by atoms with E-state index >= 15 is 0 Å². The van der Waals surface area contributed by atoms with Crippen molar-refractivity contribution in [3.8, 4) is 5.75 Å². The molecule has 3 heteroatoms. The lowest BCUT2D eigenvalue weighted by atomic mass is 10.1. The SMILES string of the molecule is CCC(C)(C)OCc1cc(N)cc(OC)c1. The molecule has 0 saturated heterocycles. The Morgan fingerprint density at radius 1 is 1.25 bits per heavy atom. The number of rotatable bonds is 5. The quantitative estimate of drug-likeness (QED) is 0.780. The molecule has 0 radical (unpaired) electrons. The Bertz CT molecular complexity index is 348. The molecule has 3 nitrogen and oxygen atoms in total. The van der Waals surface area contributed by atoms with Gasteiger partial charge in [-0.3, -0.25) is 0 Å². The molecule has 2 N–H and O–H groups in total. The first-order chi connectivity index (χ1) is 7.46. The van der Waals surface area contributed by atoms with E-state index < -0.39 is 0 Å². The van der Waals surface area contributed by atoms with E-state index in [1.807, 2.05) is 12.1 Å². The van der Waals surface area contributed by atoms with Crippen LogP contribution in [0.25, 0.3) is 0 Å².